The van der Waals surface area contributed by atoms with E-state index in [-0.39, 0.29) is 46.6 Å². The summed E-state index contributed by atoms with van der Waals surface area (Å²) in [4.78, 5) is 15.7. The lowest BCUT2D eigenvalue weighted by Crippen LogP contribution is -2.61. The number of aliphatic hydroxyl groups is 2. The molecule has 55 heavy (non-hydrogen) atoms. The molecule has 0 amide bonds. The van der Waals surface area contributed by atoms with Gasteiger partial charge in [-0.25, -0.2) is 4.79 Å². The number of ether oxygens (including phenoxy) is 3. The fourth-order valence-electron chi connectivity index (χ4n) is 15.0. The molecule has 2 saturated heterocycles. The van der Waals surface area contributed by atoms with E-state index in [1.807, 2.05) is 0 Å². The Hall–Kier alpha value is -2.87. The number of carbonyl (C=O) groups excluding carboxylic acids is 1. The Balaban J connectivity index is 1.07. The predicted octanol–water partition coefficient (Wildman–Crippen LogP) is 8.94. The highest BCUT2D eigenvalue weighted by atomic mass is 16.6. The summed E-state index contributed by atoms with van der Waals surface area (Å²) in [6, 6.07) is 11.8. The first-order chi connectivity index (χ1) is 26.8. The van der Waals surface area contributed by atoms with Crippen LogP contribution in [0.25, 0.3) is 0 Å². The molecule has 4 aliphatic heterocycles. The fraction of sp³-hybridized carbons (Fsp3) is 0.688. The Morgan fingerprint density at radius 3 is 2.55 bits per heavy atom. The molecular weight excluding hydrogens is 687 g/mol. The van der Waals surface area contributed by atoms with Crippen molar-refractivity contribution in [3.63, 3.8) is 0 Å². The average Bonchev–Trinajstić information content (AvgIpc) is 4.07. The van der Waals surface area contributed by atoms with E-state index in [0.29, 0.717) is 40.6 Å². The maximum atomic E-state index is 13.2. The van der Waals surface area contributed by atoms with Crippen LogP contribution in [0.2, 0.25) is 0 Å². The third-order valence-corrected chi connectivity index (χ3v) is 17.2. The van der Waals surface area contributed by atoms with Crippen molar-refractivity contribution in [1.82, 2.24) is 4.90 Å². The number of rotatable bonds is 6. The SMILES string of the molecule is COC1=C(CO)C(=O)OC1=C1OC2=CCCN3[C@H]([C@@H](O)[C@H]4C=CC[C@@H](C5CCCC5)C4)[C@H]4C[C@@]5(CCC6(CCCC6)C5)[C@H](c5ccccc5)[C@@H]4C[C@@H]3[C@@H]2[C@H]1C. The molecule has 2 spiro atoms. The van der Waals surface area contributed by atoms with Crippen molar-refractivity contribution < 1.29 is 29.2 Å². The van der Waals surface area contributed by atoms with Crippen LogP contribution in [0.3, 0.4) is 0 Å². The molecule has 6 fully saturated rings. The molecule has 0 radical (unpaired) electrons. The zero-order valence-electron chi connectivity index (χ0n) is 33.2. The molecule has 10 rings (SSSR count). The van der Waals surface area contributed by atoms with E-state index in [2.05, 4.69) is 60.4 Å². The Morgan fingerprint density at radius 2 is 1.78 bits per heavy atom. The molecule has 0 aromatic heterocycles. The highest BCUT2D eigenvalue weighted by Crippen LogP contribution is 2.72. The predicted molar refractivity (Wildman–Crippen MR) is 211 cm³/mol. The first-order valence-corrected chi connectivity index (χ1v) is 22.2. The van der Waals surface area contributed by atoms with Crippen LogP contribution in [0.5, 0.6) is 0 Å². The molecule has 9 aliphatic rings. The summed E-state index contributed by atoms with van der Waals surface area (Å²) in [5, 5.41) is 23.2. The highest BCUT2D eigenvalue weighted by Gasteiger charge is 2.65. The van der Waals surface area contributed by atoms with E-state index >= 15 is 0 Å². The number of nitrogens with zero attached hydrogens (tertiary/aromatic N) is 1. The smallest absolute Gasteiger partial charge is 0.345 e. The monoisotopic (exact) mass is 749 g/mol. The third-order valence-electron chi connectivity index (χ3n) is 17.2. The number of carbonyl (C=O) groups is 1. The van der Waals surface area contributed by atoms with Crippen LogP contribution < -0.4 is 0 Å². The summed E-state index contributed by atoms with van der Waals surface area (Å²) in [6.07, 6.45) is 27.1. The maximum absolute atomic E-state index is 13.2. The van der Waals surface area contributed by atoms with Crippen molar-refractivity contribution in [2.24, 2.45) is 52.3 Å². The van der Waals surface area contributed by atoms with Crippen LogP contribution in [0.15, 0.2) is 77.2 Å². The number of cyclic esters (lactones) is 1. The van der Waals surface area contributed by atoms with Crippen molar-refractivity contribution in [2.75, 3.05) is 20.3 Å². The number of allylic oxidation sites excluding steroid dienone is 2. The summed E-state index contributed by atoms with van der Waals surface area (Å²) in [6.45, 7) is 2.69. The Labute approximate surface area is 328 Å². The molecule has 0 unspecified atom stereocenters. The largest absolute Gasteiger partial charge is 0.492 e. The first-order valence-electron chi connectivity index (χ1n) is 22.2. The number of piperidine rings is 1. The zero-order valence-corrected chi connectivity index (χ0v) is 33.2. The number of methoxy groups -OCH3 is 1. The normalized spacial score (nSPS) is 41.6. The van der Waals surface area contributed by atoms with Crippen molar-refractivity contribution in [3.8, 4) is 0 Å². The molecule has 1 aromatic rings. The van der Waals surface area contributed by atoms with Crippen molar-refractivity contribution in [2.45, 2.75) is 134 Å². The Kier molecular flexibility index (Phi) is 9.41. The van der Waals surface area contributed by atoms with E-state index in [0.717, 1.165) is 37.5 Å². The molecular formula is C48H63NO6. The van der Waals surface area contributed by atoms with Gasteiger partial charge in [-0.1, -0.05) is 87.9 Å². The van der Waals surface area contributed by atoms with Crippen molar-refractivity contribution in [3.05, 3.63) is 82.7 Å². The van der Waals surface area contributed by atoms with Gasteiger partial charge in [0.05, 0.1) is 19.8 Å². The fourth-order valence-corrected chi connectivity index (χ4v) is 15.0. The van der Waals surface area contributed by atoms with Crippen molar-refractivity contribution in [1.29, 1.82) is 0 Å². The van der Waals surface area contributed by atoms with Crippen LogP contribution >= 0.6 is 0 Å². The van der Waals surface area contributed by atoms with Gasteiger partial charge in [-0.05, 0) is 116 Å². The average molecular weight is 750 g/mol. The molecule has 11 atom stereocenters. The maximum Gasteiger partial charge on any atom is 0.345 e. The molecule has 7 nitrogen and oxygen atoms in total. The topological polar surface area (TPSA) is 88.5 Å². The summed E-state index contributed by atoms with van der Waals surface area (Å²) >= 11 is 0. The van der Waals surface area contributed by atoms with Gasteiger partial charge in [-0.2, -0.15) is 0 Å². The van der Waals surface area contributed by atoms with Crippen LogP contribution in [-0.4, -0.2) is 59.5 Å². The number of aliphatic hydroxyl groups excluding tert-OH is 2. The molecule has 4 heterocycles. The van der Waals surface area contributed by atoms with Gasteiger partial charge in [0, 0.05) is 36.4 Å². The lowest BCUT2D eigenvalue weighted by Gasteiger charge is -2.53. The minimum Gasteiger partial charge on any atom is -0.492 e. The highest BCUT2D eigenvalue weighted by molar-refractivity contribution is 5.94. The number of fused-ring (bicyclic) bond motifs is 4. The van der Waals surface area contributed by atoms with Gasteiger partial charge in [0.25, 0.3) is 0 Å². The lowest BCUT2D eigenvalue weighted by molar-refractivity contribution is -0.133. The Morgan fingerprint density at radius 1 is 0.982 bits per heavy atom. The second-order valence-corrected chi connectivity index (χ2v) is 19.6. The quantitative estimate of drug-likeness (QED) is 0.222. The summed E-state index contributed by atoms with van der Waals surface area (Å²) in [5.74, 6) is 4.63. The van der Waals surface area contributed by atoms with E-state index in [1.165, 1.54) is 96.1 Å². The number of hydrogen-bond donors (Lipinski definition) is 2. The number of esters is 1. The van der Waals surface area contributed by atoms with Gasteiger partial charge >= 0.3 is 5.97 Å². The molecule has 2 N–H and O–H groups in total. The first kappa shape index (κ1) is 36.5. The van der Waals surface area contributed by atoms with Crippen LogP contribution in [-0.2, 0) is 19.0 Å². The van der Waals surface area contributed by atoms with Crippen LogP contribution in [0.4, 0.5) is 0 Å². The van der Waals surface area contributed by atoms with Gasteiger partial charge in [-0.15, -0.1) is 0 Å². The third kappa shape index (κ3) is 5.86. The standard InChI is InChI=1S/C48H63NO6/c1-29-39-37-25-34-35(26-48(40(34)31-14-4-3-5-15-31)22-21-47(28-48)19-8-9-20-47)41(42(51)33-17-10-16-32(24-33)30-12-6-7-13-30)49(37)23-11-18-38(39)54-43(29)45-44(53-2)36(27-50)46(52)55-45/h3-5,10,14-15,17-18,29-30,32-35,37,39-42,50-51H,6-9,11-13,16,19-28H2,1-2H3/t29-,32-,33+,34-,35+,37-,39+,40-,41+,42+,48-/m1/s1. The summed E-state index contributed by atoms with van der Waals surface area (Å²) in [5.41, 5.74) is 2.42. The lowest BCUT2D eigenvalue weighted by atomic mass is 9.64. The van der Waals surface area contributed by atoms with E-state index in [9.17, 15) is 15.0 Å². The molecule has 1 aromatic carbocycles. The summed E-state index contributed by atoms with van der Waals surface area (Å²) in [7, 11) is 1.52. The number of hydrogen-bond acceptors (Lipinski definition) is 7. The molecule has 296 valence electrons. The summed E-state index contributed by atoms with van der Waals surface area (Å²) < 4.78 is 18.3. The van der Waals surface area contributed by atoms with E-state index in [1.54, 1.807) is 0 Å². The Bertz CT molecular complexity index is 1770. The van der Waals surface area contributed by atoms with Gasteiger partial charge in [0.15, 0.2) is 11.5 Å². The van der Waals surface area contributed by atoms with Gasteiger partial charge in [0.1, 0.15) is 11.3 Å². The van der Waals surface area contributed by atoms with Crippen LogP contribution in [0.1, 0.15) is 121 Å². The number of benzene rings is 1. The van der Waals surface area contributed by atoms with Crippen molar-refractivity contribution >= 4 is 5.97 Å². The molecule has 0 bridgehead atoms. The van der Waals surface area contributed by atoms with Gasteiger partial charge in [0.2, 0.25) is 5.76 Å². The second-order valence-electron chi connectivity index (χ2n) is 19.6. The minimum absolute atomic E-state index is 0.0569. The van der Waals surface area contributed by atoms with Gasteiger partial charge < -0.3 is 24.4 Å². The van der Waals surface area contributed by atoms with E-state index < -0.39 is 18.7 Å². The zero-order chi connectivity index (χ0) is 37.5. The van der Waals surface area contributed by atoms with Gasteiger partial charge in [-0.3, -0.25) is 4.90 Å². The molecule has 4 saturated carbocycles. The van der Waals surface area contributed by atoms with Crippen LogP contribution in [0, 0.1) is 52.3 Å². The van der Waals surface area contributed by atoms with E-state index in [4.69, 9.17) is 14.2 Å². The minimum atomic E-state index is -0.570. The second kappa shape index (κ2) is 14.2. The molecule has 7 heteroatoms. The molecule has 5 aliphatic carbocycles.